The molecule has 5 heteroatoms. The zero-order chi connectivity index (χ0) is 11.4. The number of ether oxygens (including phenoxy) is 1. The van der Waals surface area contributed by atoms with Crippen molar-refractivity contribution in [1.29, 1.82) is 0 Å². The van der Waals surface area contributed by atoms with Gasteiger partial charge in [-0.05, 0) is 18.1 Å². The van der Waals surface area contributed by atoms with Crippen LogP contribution in [0.1, 0.15) is 12.0 Å². The zero-order valence-electron chi connectivity index (χ0n) is 8.09. The van der Waals surface area contributed by atoms with E-state index >= 15 is 0 Å². The Labute approximate surface area is 91.4 Å². The van der Waals surface area contributed by atoms with Gasteiger partial charge in [-0.2, -0.15) is 0 Å². The molecule has 0 saturated heterocycles. The number of carboxylic acids is 1. The second kappa shape index (κ2) is 4.98. The highest BCUT2D eigenvalue weighted by Crippen LogP contribution is 2.26. The minimum atomic E-state index is -0.919. The molecule has 0 heterocycles. The molecule has 0 saturated carbocycles. The largest absolute Gasteiger partial charge is 0.496 e. The fourth-order valence-corrected chi connectivity index (χ4v) is 1.38. The van der Waals surface area contributed by atoms with Crippen molar-refractivity contribution in [3.63, 3.8) is 0 Å². The van der Waals surface area contributed by atoms with Crippen LogP contribution in [0.3, 0.4) is 0 Å². The van der Waals surface area contributed by atoms with Crippen molar-refractivity contribution in [2.45, 2.75) is 12.8 Å². The van der Waals surface area contributed by atoms with E-state index in [2.05, 4.69) is 0 Å². The molecule has 0 unspecified atom stereocenters. The topological polar surface area (TPSA) is 46.5 Å². The number of carbonyl (C=O) groups is 1. The van der Waals surface area contributed by atoms with Crippen molar-refractivity contribution in [1.82, 2.24) is 0 Å². The Hall–Kier alpha value is -1.29. The van der Waals surface area contributed by atoms with Crippen LogP contribution in [0, 0.1) is 5.82 Å². The molecular formula is C10H10ClFO3. The molecule has 0 aliphatic rings. The van der Waals surface area contributed by atoms with Crippen molar-refractivity contribution < 1.29 is 19.0 Å². The van der Waals surface area contributed by atoms with Gasteiger partial charge >= 0.3 is 5.97 Å². The lowest BCUT2D eigenvalue weighted by molar-refractivity contribution is -0.136. The first-order valence-corrected chi connectivity index (χ1v) is 4.66. The second-order valence-electron chi connectivity index (χ2n) is 2.97. The van der Waals surface area contributed by atoms with E-state index in [9.17, 15) is 9.18 Å². The first-order chi connectivity index (χ1) is 7.04. The Morgan fingerprint density at radius 2 is 2.27 bits per heavy atom. The molecule has 0 spiro atoms. The Bertz CT molecular complexity index is 379. The number of hydrogen-bond donors (Lipinski definition) is 1. The van der Waals surface area contributed by atoms with Gasteiger partial charge in [0.15, 0.2) is 0 Å². The van der Waals surface area contributed by atoms with E-state index in [4.69, 9.17) is 21.4 Å². The minimum absolute atomic E-state index is 0.0313. The lowest BCUT2D eigenvalue weighted by atomic mass is 10.1. The summed E-state index contributed by atoms with van der Waals surface area (Å²) < 4.78 is 17.9. The van der Waals surface area contributed by atoms with Crippen LogP contribution in [0.2, 0.25) is 5.02 Å². The molecule has 82 valence electrons. The van der Waals surface area contributed by atoms with Gasteiger partial charge in [-0.3, -0.25) is 4.79 Å². The normalized spacial score (nSPS) is 10.1. The van der Waals surface area contributed by atoms with Gasteiger partial charge in [0.2, 0.25) is 0 Å². The first-order valence-electron chi connectivity index (χ1n) is 4.28. The summed E-state index contributed by atoms with van der Waals surface area (Å²) in [5.41, 5.74) is 0.589. The number of aliphatic carboxylic acids is 1. The number of methoxy groups -OCH3 is 1. The quantitative estimate of drug-likeness (QED) is 0.868. The van der Waals surface area contributed by atoms with Gasteiger partial charge in [0.25, 0.3) is 0 Å². The summed E-state index contributed by atoms with van der Waals surface area (Å²) in [7, 11) is 1.40. The molecule has 0 fully saturated rings. The molecule has 1 rings (SSSR count). The summed E-state index contributed by atoms with van der Waals surface area (Å²) in [5.74, 6) is -1.18. The average Bonchev–Trinajstić information content (AvgIpc) is 2.19. The molecule has 0 atom stereocenters. The van der Waals surface area contributed by atoms with Gasteiger partial charge < -0.3 is 9.84 Å². The highest BCUT2D eigenvalue weighted by Gasteiger charge is 2.10. The van der Waals surface area contributed by atoms with Gasteiger partial charge in [-0.25, -0.2) is 4.39 Å². The van der Waals surface area contributed by atoms with Crippen LogP contribution in [0.25, 0.3) is 0 Å². The van der Waals surface area contributed by atoms with E-state index in [0.717, 1.165) is 6.07 Å². The van der Waals surface area contributed by atoms with Crippen molar-refractivity contribution in [3.05, 3.63) is 28.5 Å². The molecule has 0 amide bonds. The Kier molecular flexibility index (Phi) is 3.91. The van der Waals surface area contributed by atoms with Gasteiger partial charge in [0.1, 0.15) is 11.6 Å². The number of benzene rings is 1. The first kappa shape index (κ1) is 11.8. The van der Waals surface area contributed by atoms with Gasteiger partial charge in [0.05, 0.1) is 12.1 Å². The number of carboxylic acid groups (broad SMARTS) is 1. The summed E-state index contributed by atoms with van der Waals surface area (Å²) in [5, 5.41) is 8.48. The van der Waals surface area contributed by atoms with Gasteiger partial charge in [0, 0.05) is 12.5 Å². The number of rotatable bonds is 4. The van der Waals surface area contributed by atoms with Crippen LogP contribution in [0.4, 0.5) is 4.39 Å². The SMILES string of the molecule is COc1cc(F)c(Cl)cc1CCC(=O)O. The van der Waals surface area contributed by atoms with Crippen molar-refractivity contribution in [3.8, 4) is 5.75 Å². The second-order valence-corrected chi connectivity index (χ2v) is 3.38. The average molecular weight is 233 g/mol. The van der Waals surface area contributed by atoms with E-state index in [1.165, 1.54) is 13.2 Å². The van der Waals surface area contributed by atoms with Crippen LogP contribution in [0.15, 0.2) is 12.1 Å². The lowest BCUT2D eigenvalue weighted by Crippen LogP contribution is -2.00. The van der Waals surface area contributed by atoms with Gasteiger partial charge in [-0.15, -0.1) is 0 Å². The molecule has 0 aromatic heterocycles. The summed E-state index contributed by atoms with van der Waals surface area (Å²) >= 11 is 5.58. The van der Waals surface area contributed by atoms with Crippen molar-refractivity contribution >= 4 is 17.6 Å². The predicted octanol–water partition coefficient (Wildman–Crippen LogP) is 2.50. The molecule has 0 bridgehead atoms. The molecule has 3 nitrogen and oxygen atoms in total. The van der Waals surface area contributed by atoms with Crippen LogP contribution < -0.4 is 4.74 Å². The highest BCUT2D eigenvalue weighted by atomic mass is 35.5. The van der Waals surface area contributed by atoms with E-state index < -0.39 is 11.8 Å². The summed E-state index contributed by atoms with van der Waals surface area (Å²) in [6.45, 7) is 0. The van der Waals surface area contributed by atoms with Crippen LogP contribution in [-0.2, 0) is 11.2 Å². The van der Waals surface area contributed by atoms with Crippen LogP contribution in [0.5, 0.6) is 5.75 Å². The maximum atomic E-state index is 13.0. The third kappa shape index (κ3) is 3.09. The third-order valence-electron chi connectivity index (χ3n) is 1.93. The Morgan fingerprint density at radius 3 is 2.80 bits per heavy atom. The van der Waals surface area contributed by atoms with Gasteiger partial charge in [-0.1, -0.05) is 11.6 Å². The molecule has 0 radical (unpaired) electrons. The third-order valence-corrected chi connectivity index (χ3v) is 2.22. The van der Waals surface area contributed by atoms with E-state index in [1.807, 2.05) is 0 Å². The molecule has 0 aliphatic heterocycles. The van der Waals surface area contributed by atoms with Crippen molar-refractivity contribution in [2.24, 2.45) is 0 Å². The molecule has 15 heavy (non-hydrogen) atoms. The van der Waals surface area contributed by atoms with Crippen LogP contribution >= 0.6 is 11.6 Å². The van der Waals surface area contributed by atoms with E-state index in [0.29, 0.717) is 11.3 Å². The lowest BCUT2D eigenvalue weighted by Gasteiger charge is -2.08. The number of hydrogen-bond acceptors (Lipinski definition) is 2. The summed E-state index contributed by atoms with van der Waals surface area (Å²) in [6.07, 6.45) is 0.219. The minimum Gasteiger partial charge on any atom is -0.496 e. The summed E-state index contributed by atoms with van der Waals surface area (Å²) in [4.78, 5) is 10.4. The predicted molar refractivity (Wildman–Crippen MR) is 53.9 cm³/mol. The molecule has 0 aliphatic carbocycles. The zero-order valence-corrected chi connectivity index (χ0v) is 8.84. The molecular weight excluding hydrogens is 223 g/mol. The monoisotopic (exact) mass is 232 g/mol. The summed E-state index contributed by atoms with van der Waals surface area (Å²) in [6, 6.07) is 2.54. The Morgan fingerprint density at radius 1 is 1.60 bits per heavy atom. The smallest absolute Gasteiger partial charge is 0.303 e. The Balaban J connectivity index is 2.94. The maximum absolute atomic E-state index is 13.0. The molecule has 1 aromatic rings. The fourth-order valence-electron chi connectivity index (χ4n) is 1.20. The number of halogens is 2. The number of aryl methyl sites for hydroxylation is 1. The molecule has 1 N–H and O–H groups in total. The fraction of sp³-hybridized carbons (Fsp3) is 0.300. The van der Waals surface area contributed by atoms with Crippen molar-refractivity contribution in [2.75, 3.05) is 7.11 Å². The van der Waals surface area contributed by atoms with E-state index in [1.54, 1.807) is 0 Å². The van der Waals surface area contributed by atoms with Crippen LogP contribution in [-0.4, -0.2) is 18.2 Å². The van der Waals surface area contributed by atoms with E-state index in [-0.39, 0.29) is 17.9 Å². The standard InChI is InChI=1S/C10H10ClFO3/c1-15-9-5-8(12)7(11)4-6(9)2-3-10(13)14/h4-5H,2-3H2,1H3,(H,13,14). The highest BCUT2D eigenvalue weighted by molar-refractivity contribution is 6.30. The maximum Gasteiger partial charge on any atom is 0.303 e. The molecule has 1 aromatic carbocycles.